The van der Waals surface area contributed by atoms with Crippen molar-refractivity contribution in [2.45, 2.75) is 12.3 Å². The molecule has 2 aliphatic heterocycles. The molecule has 1 fully saturated rings. The van der Waals surface area contributed by atoms with E-state index in [-0.39, 0.29) is 29.3 Å². The number of nitrogens with zero attached hydrogens (tertiary/aromatic N) is 2. The highest BCUT2D eigenvalue weighted by Crippen LogP contribution is 2.47. The van der Waals surface area contributed by atoms with Crippen LogP contribution in [-0.4, -0.2) is 29.6 Å². The highest BCUT2D eigenvalue weighted by molar-refractivity contribution is 8.03. The quantitative estimate of drug-likeness (QED) is 0.797. The van der Waals surface area contributed by atoms with E-state index in [2.05, 4.69) is 6.07 Å². The summed E-state index contributed by atoms with van der Waals surface area (Å²) in [6.45, 7) is 0. The number of thioether (sulfide) groups is 1. The molecule has 1 aromatic carbocycles. The van der Waals surface area contributed by atoms with Crippen LogP contribution in [0.3, 0.4) is 0 Å². The van der Waals surface area contributed by atoms with E-state index in [0.717, 1.165) is 0 Å². The summed E-state index contributed by atoms with van der Waals surface area (Å²) in [5.41, 5.74) is 7.06. The van der Waals surface area contributed by atoms with Crippen molar-refractivity contribution in [2.24, 2.45) is 5.73 Å². The minimum Gasteiger partial charge on any atom is -0.466 e. The van der Waals surface area contributed by atoms with Gasteiger partial charge in [0.25, 0.3) is 0 Å². The van der Waals surface area contributed by atoms with Crippen LogP contribution in [0.2, 0.25) is 5.02 Å². The number of nitrogens with two attached hydrogens (primary N) is 1. The van der Waals surface area contributed by atoms with E-state index in [0.29, 0.717) is 21.4 Å². The van der Waals surface area contributed by atoms with Crippen molar-refractivity contribution in [3.63, 3.8) is 0 Å². The number of hydrogen-bond donors (Lipinski definition) is 1. The number of amides is 1. The lowest BCUT2D eigenvalue weighted by atomic mass is 9.83. The Morgan fingerprint density at radius 1 is 1.48 bits per heavy atom. The van der Waals surface area contributed by atoms with Crippen molar-refractivity contribution >= 4 is 35.2 Å². The van der Waals surface area contributed by atoms with Gasteiger partial charge in [-0.1, -0.05) is 29.8 Å². The molecule has 3 rings (SSSR count). The van der Waals surface area contributed by atoms with Crippen molar-refractivity contribution in [2.75, 3.05) is 12.9 Å². The highest BCUT2D eigenvalue weighted by atomic mass is 35.5. The zero-order valence-corrected chi connectivity index (χ0v) is 14.9. The fourth-order valence-corrected chi connectivity index (χ4v) is 4.33. The molecule has 2 N–H and O–H groups in total. The summed E-state index contributed by atoms with van der Waals surface area (Å²) in [7, 11) is 1.23. The first-order valence-electron chi connectivity index (χ1n) is 7.43. The van der Waals surface area contributed by atoms with Gasteiger partial charge in [0.05, 0.1) is 35.3 Å². The molecule has 6 nitrogen and oxygen atoms in total. The van der Waals surface area contributed by atoms with Crippen LogP contribution in [0, 0.1) is 11.3 Å². The van der Waals surface area contributed by atoms with Crippen LogP contribution in [0.5, 0.6) is 0 Å². The molecule has 128 valence electrons. The smallest absolute Gasteiger partial charge is 0.338 e. The van der Waals surface area contributed by atoms with Crippen LogP contribution in [0.15, 0.2) is 46.3 Å². The van der Waals surface area contributed by atoms with Gasteiger partial charge < -0.3 is 10.5 Å². The third-order valence-corrected chi connectivity index (χ3v) is 5.50. The number of ether oxygens (including phenoxy) is 1. The maximum atomic E-state index is 12.4. The van der Waals surface area contributed by atoms with Crippen LogP contribution < -0.4 is 5.73 Å². The molecular weight excluding hydrogens is 362 g/mol. The molecule has 8 heteroatoms. The van der Waals surface area contributed by atoms with Crippen molar-refractivity contribution < 1.29 is 14.3 Å². The highest BCUT2D eigenvalue weighted by Gasteiger charge is 2.43. The molecule has 1 saturated heterocycles. The lowest BCUT2D eigenvalue weighted by Gasteiger charge is -2.37. The van der Waals surface area contributed by atoms with Gasteiger partial charge in [-0.2, -0.15) is 5.26 Å². The van der Waals surface area contributed by atoms with E-state index in [9.17, 15) is 14.9 Å². The van der Waals surface area contributed by atoms with Gasteiger partial charge in [0.15, 0.2) is 0 Å². The summed E-state index contributed by atoms with van der Waals surface area (Å²) < 4.78 is 4.86. The van der Waals surface area contributed by atoms with Crippen LogP contribution in [0.25, 0.3) is 0 Å². The summed E-state index contributed by atoms with van der Waals surface area (Å²) in [6.07, 6.45) is 0.277. The van der Waals surface area contributed by atoms with E-state index >= 15 is 0 Å². The van der Waals surface area contributed by atoms with Crippen LogP contribution in [0.4, 0.5) is 0 Å². The lowest BCUT2D eigenvalue weighted by molar-refractivity contribution is -0.136. The minimum absolute atomic E-state index is 0.0111. The van der Waals surface area contributed by atoms with E-state index in [4.69, 9.17) is 22.1 Å². The fourth-order valence-electron chi connectivity index (χ4n) is 2.97. The number of carbonyl (C=O) groups excluding carboxylic acids is 2. The average molecular weight is 376 g/mol. The molecule has 0 saturated carbocycles. The minimum atomic E-state index is -0.782. The average Bonchev–Trinajstić information content (AvgIpc) is 2.61. The molecule has 0 aliphatic carbocycles. The summed E-state index contributed by atoms with van der Waals surface area (Å²) in [5, 5.41) is 10.6. The Labute approximate surface area is 153 Å². The Morgan fingerprint density at radius 3 is 2.84 bits per heavy atom. The maximum Gasteiger partial charge on any atom is 0.338 e. The molecule has 25 heavy (non-hydrogen) atoms. The number of nitriles is 1. The summed E-state index contributed by atoms with van der Waals surface area (Å²) in [5.74, 6) is -1.19. The van der Waals surface area contributed by atoms with Gasteiger partial charge in [-0.25, -0.2) is 4.79 Å². The van der Waals surface area contributed by atoms with Gasteiger partial charge in [0.2, 0.25) is 5.91 Å². The van der Waals surface area contributed by atoms with Gasteiger partial charge in [-0.15, -0.1) is 11.8 Å². The van der Waals surface area contributed by atoms with Gasteiger partial charge in [-0.3, -0.25) is 9.69 Å². The second-order valence-electron chi connectivity index (χ2n) is 5.40. The SMILES string of the molecule is COC(=O)C1=C(N)N2C(=O)CCSC2=C(C#N)C1c1ccccc1Cl. The number of carbonyl (C=O) groups is 2. The second-order valence-corrected chi connectivity index (χ2v) is 6.89. The Bertz CT molecular complexity index is 872. The van der Waals surface area contributed by atoms with E-state index in [1.54, 1.807) is 24.3 Å². The lowest BCUT2D eigenvalue weighted by Crippen LogP contribution is -2.42. The van der Waals surface area contributed by atoms with E-state index in [1.165, 1.54) is 23.8 Å². The predicted molar refractivity (Wildman–Crippen MR) is 94.0 cm³/mol. The van der Waals surface area contributed by atoms with Crippen molar-refractivity contribution in [1.29, 1.82) is 5.26 Å². The Kier molecular flexibility index (Phi) is 4.75. The second kappa shape index (κ2) is 6.82. The van der Waals surface area contributed by atoms with Crippen LogP contribution >= 0.6 is 23.4 Å². The van der Waals surface area contributed by atoms with Crippen LogP contribution in [0.1, 0.15) is 17.9 Å². The number of rotatable bonds is 2. The first-order chi connectivity index (χ1) is 12.0. The molecule has 1 unspecified atom stereocenters. The molecule has 1 aromatic rings. The maximum absolute atomic E-state index is 12.4. The zero-order chi connectivity index (χ0) is 18.1. The van der Waals surface area contributed by atoms with E-state index in [1.807, 2.05) is 0 Å². The van der Waals surface area contributed by atoms with Crippen molar-refractivity contribution in [3.8, 4) is 6.07 Å². The molecule has 0 radical (unpaired) electrons. The standard InChI is InChI=1S/C17H14ClN3O3S/c1-24-17(23)14-13(9-4-2-3-5-11(9)18)10(8-19)16-21(15(14)20)12(22)6-7-25-16/h2-5,13H,6-7,20H2,1H3. The first kappa shape index (κ1) is 17.4. The largest absolute Gasteiger partial charge is 0.466 e. The van der Waals surface area contributed by atoms with Crippen LogP contribution in [-0.2, 0) is 14.3 Å². The molecule has 0 spiro atoms. The molecule has 2 heterocycles. The van der Waals surface area contributed by atoms with Gasteiger partial charge in [0.1, 0.15) is 5.82 Å². The van der Waals surface area contributed by atoms with Gasteiger partial charge in [-0.05, 0) is 11.6 Å². The van der Waals surface area contributed by atoms with Crippen molar-refractivity contribution in [1.82, 2.24) is 4.90 Å². The summed E-state index contributed by atoms with van der Waals surface area (Å²) in [4.78, 5) is 26.0. The monoisotopic (exact) mass is 375 g/mol. The molecule has 0 bridgehead atoms. The summed E-state index contributed by atoms with van der Waals surface area (Å²) >= 11 is 7.68. The molecular formula is C17H14ClN3O3S. The van der Waals surface area contributed by atoms with Crippen molar-refractivity contribution in [3.05, 3.63) is 56.8 Å². The van der Waals surface area contributed by atoms with Gasteiger partial charge in [0, 0.05) is 17.2 Å². The van der Waals surface area contributed by atoms with Gasteiger partial charge >= 0.3 is 5.97 Å². The number of benzene rings is 1. The molecule has 2 aliphatic rings. The number of hydrogen-bond acceptors (Lipinski definition) is 6. The topological polar surface area (TPSA) is 96.4 Å². The fraction of sp³-hybridized carbons (Fsp3) is 0.235. The third-order valence-electron chi connectivity index (χ3n) is 4.07. The normalized spacial score (nSPS) is 20.3. The zero-order valence-electron chi connectivity index (χ0n) is 13.3. The number of methoxy groups -OCH3 is 1. The number of halogens is 1. The first-order valence-corrected chi connectivity index (χ1v) is 8.80. The third kappa shape index (κ3) is 2.77. The molecule has 1 amide bonds. The molecule has 1 atom stereocenters. The molecule has 0 aromatic heterocycles. The number of fused-ring (bicyclic) bond motifs is 1. The summed E-state index contributed by atoms with van der Waals surface area (Å²) in [6, 6.07) is 9.06. The Morgan fingerprint density at radius 2 is 2.20 bits per heavy atom. The predicted octanol–water partition coefficient (Wildman–Crippen LogP) is 2.48. The Hall–Kier alpha value is -2.43. The number of allylic oxidation sites excluding steroid dienone is 1. The van der Waals surface area contributed by atoms with E-state index < -0.39 is 11.9 Å². The Balaban J connectivity index is 2.31. The number of esters is 1.